The fraction of sp³-hybridized carbons (Fsp3) is 0.846. The quantitative estimate of drug-likeness (QED) is 0.858. The lowest BCUT2D eigenvalue weighted by atomic mass is 10.1. The van der Waals surface area contributed by atoms with E-state index in [0.29, 0.717) is 11.3 Å². The van der Waals surface area contributed by atoms with Crippen molar-refractivity contribution >= 4 is 11.8 Å². The molecule has 1 N–H and O–H groups in total. The monoisotopic (exact) mass is 267 g/mol. The van der Waals surface area contributed by atoms with Gasteiger partial charge < -0.3 is 9.84 Å². The van der Waals surface area contributed by atoms with Crippen molar-refractivity contribution in [1.82, 2.24) is 15.5 Å². The van der Waals surface area contributed by atoms with Crippen LogP contribution in [0.25, 0.3) is 0 Å². The summed E-state index contributed by atoms with van der Waals surface area (Å²) in [6, 6.07) is 0.527. The lowest BCUT2D eigenvalue weighted by Gasteiger charge is -2.14. The summed E-state index contributed by atoms with van der Waals surface area (Å²) in [5.74, 6) is 3.78. The SMILES string of the molecule is CCNC(Cc1nc(C2CCCS2)no1)C1CC1. The van der Waals surface area contributed by atoms with E-state index in [9.17, 15) is 0 Å². The van der Waals surface area contributed by atoms with Crippen LogP contribution >= 0.6 is 11.8 Å². The summed E-state index contributed by atoms with van der Waals surface area (Å²) >= 11 is 1.96. The van der Waals surface area contributed by atoms with Crippen LogP contribution in [-0.4, -0.2) is 28.5 Å². The van der Waals surface area contributed by atoms with E-state index in [1.807, 2.05) is 11.8 Å². The molecule has 0 amide bonds. The van der Waals surface area contributed by atoms with Crippen LogP contribution in [0.2, 0.25) is 0 Å². The molecule has 5 heteroatoms. The van der Waals surface area contributed by atoms with Crippen molar-refractivity contribution in [3.05, 3.63) is 11.7 Å². The van der Waals surface area contributed by atoms with Crippen molar-refractivity contribution in [2.45, 2.75) is 50.3 Å². The fourth-order valence-electron chi connectivity index (χ4n) is 2.62. The smallest absolute Gasteiger partial charge is 0.228 e. The lowest BCUT2D eigenvalue weighted by Crippen LogP contribution is -2.33. The topological polar surface area (TPSA) is 51.0 Å². The summed E-state index contributed by atoms with van der Waals surface area (Å²) < 4.78 is 5.42. The molecule has 0 aromatic carbocycles. The maximum absolute atomic E-state index is 5.42. The Labute approximate surface area is 112 Å². The van der Waals surface area contributed by atoms with Crippen molar-refractivity contribution in [3.8, 4) is 0 Å². The van der Waals surface area contributed by atoms with Crippen LogP contribution in [0.5, 0.6) is 0 Å². The highest BCUT2D eigenvalue weighted by Crippen LogP contribution is 2.38. The van der Waals surface area contributed by atoms with E-state index >= 15 is 0 Å². The Balaban J connectivity index is 1.61. The number of nitrogens with zero attached hydrogens (tertiary/aromatic N) is 2. The molecule has 2 aliphatic rings. The summed E-state index contributed by atoms with van der Waals surface area (Å²) in [6.07, 6.45) is 6.06. The standard InChI is InChI=1S/C13H21N3OS/c1-2-14-10(9-5-6-9)8-12-15-13(16-17-12)11-4-3-7-18-11/h9-11,14H,2-8H2,1H3. The first kappa shape index (κ1) is 12.5. The van der Waals surface area contributed by atoms with Gasteiger partial charge in [0.25, 0.3) is 0 Å². The predicted molar refractivity (Wildman–Crippen MR) is 72.6 cm³/mol. The summed E-state index contributed by atoms with van der Waals surface area (Å²) in [4.78, 5) is 4.59. The largest absolute Gasteiger partial charge is 0.339 e. The maximum Gasteiger partial charge on any atom is 0.228 e. The molecule has 1 saturated carbocycles. The Morgan fingerprint density at radius 1 is 1.44 bits per heavy atom. The van der Waals surface area contributed by atoms with Gasteiger partial charge in [-0.3, -0.25) is 0 Å². The van der Waals surface area contributed by atoms with Crippen molar-refractivity contribution in [3.63, 3.8) is 0 Å². The van der Waals surface area contributed by atoms with Crippen LogP contribution in [0.3, 0.4) is 0 Å². The number of hydrogen-bond donors (Lipinski definition) is 1. The molecule has 100 valence electrons. The van der Waals surface area contributed by atoms with Crippen molar-refractivity contribution in [2.24, 2.45) is 5.92 Å². The molecule has 2 unspecified atom stereocenters. The molecule has 1 aromatic rings. The van der Waals surface area contributed by atoms with E-state index in [2.05, 4.69) is 22.4 Å². The molecule has 2 heterocycles. The first-order valence-corrected chi connectivity index (χ1v) is 8.09. The zero-order valence-corrected chi connectivity index (χ0v) is 11.7. The molecule has 2 fully saturated rings. The highest BCUT2D eigenvalue weighted by atomic mass is 32.2. The third kappa shape index (κ3) is 2.88. The molecule has 1 aromatic heterocycles. The van der Waals surface area contributed by atoms with Crippen LogP contribution in [-0.2, 0) is 6.42 Å². The third-order valence-corrected chi connectivity index (χ3v) is 5.13. The molecule has 1 aliphatic heterocycles. The van der Waals surface area contributed by atoms with Crippen LogP contribution < -0.4 is 5.32 Å². The Morgan fingerprint density at radius 2 is 2.33 bits per heavy atom. The first-order chi connectivity index (χ1) is 8.86. The van der Waals surface area contributed by atoms with E-state index < -0.39 is 0 Å². The molecule has 1 saturated heterocycles. The molecule has 2 atom stereocenters. The fourth-order valence-corrected chi connectivity index (χ4v) is 3.81. The number of thioether (sulfide) groups is 1. The average molecular weight is 267 g/mol. The van der Waals surface area contributed by atoms with Crippen molar-refractivity contribution in [1.29, 1.82) is 0 Å². The minimum atomic E-state index is 0.473. The number of aromatic nitrogens is 2. The number of hydrogen-bond acceptors (Lipinski definition) is 5. The molecule has 18 heavy (non-hydrogen) atoms. The molecule has 0 radical (unpaired) electrons. The van der Waals surface area contributed by atoms with Crippen LogP contribution in [0.1, 0.15) is 49.6 Å². The van der Waals surface area contributed by atoms with Gasteiger partial charge in [-0.15, -0.1) is 0 Å². The van der Waals surface area contributed by atoms with E-state index in [1.165, 1.54) is 31.4 Å². The van der Waals surface area contributed by atoms with Gasteiger partial charge in [-0.1, -0.05) is 12.1 Å². The maximum atomic E-state index is 5.42. The van der Waals surface area contributed by atoms with Gasteiger partial charge in [0.1, 0.15) is 0 Å². The van der Waals surface area contributed by atoms with Crippen LogP contribution in [0.4, 0.5) is 0 Å². The summed E-state index contributed by atoms with van der Waals surface area (Å²) in [7, 11) is 0. The minimum absolute atomic E-state index is 0.473. The number of likely N-dealkylation sites (N-methyl/N-ethyl adjacent to an activating group) is 1. The summed E-state index contributed by atoms with van der Waals surface area (Å²) in [5, 5.41) is 8.17. The highest BCUT2D eigenvalue weighted by molar-refractivity contribution is 7.99. The molecule has 1 aliphatic carbocycles. The molecule has 0 spiro atoms. The normalized spacial score (nSPS) is 25.5. The summed E-state index contributed by atoms with van der Waals surface area (Å²) in [5.41, 5.74) is 0. The molecular weight excluding hydrogens is 246 g/mol. The number of rotatable bonds is 6. The third-order valence-electron chi connectivity index (χ3n) is 3.75. The van der Waals surface area contributed by atoms with Gasteiger partial charge in [-0.2, -0.15) is 16.7 Å². The second-order valence-electron chi connectivity index (χ2n) is 5.25. The van der Waals surface area contributed by atoms with Crippen LogP contribution in [0.15, 0.2) is 4.52 Å². The van der Waals surface area contributed by atoms with Gasteiger partial charge in [0, 0.05) is 12.5 Å². The van der Waals surface area contributed by atoms with Gasteiger partial charge in [-0.25, -0.2) is 0 Å². The Morgan fingerprint density at radius 3 is 3.00 bits per heavy atom. The van der Waals surface area contributed by atoms with E-state index in [1.54, 1.807) is 0 Å². The second-order valence-corrected chi connectivity index (χ2v) is 6.56. The van der Waals surface area contributed by atoms with Gasteiger partial charge in [-0.05, 0) is 43.9 Å². The molecule has 0 bridgehead atoms. The molecular formula is C13H21N3OS. The lowest BCUT2D eigenvalue weighted by molar-refractivity contribution is 0.344. The average Bonchev–Trinajstić information content (AvgIpc) is 2.90. The Bertz CT molecular complexity index is 385. The number of nitrogens with one attached hydrogen (secondary N) is 1. The van der Waals surface area contributed by atoms with Crippen LogP contribution in [0, 0.1) is 5.92 Å². The first-order valence-electron chi connectivity index (χ1n) is 7.04. The Kier molecular flexibility index (Phi) is 3.89. The second kappa shape index (κ2) is 5.61. The minimum Gasteiger partial charge on any atom is -0.339 e. The predicted octanol–water partition coefficient (Wildman–Crippen LogP) is 2.57. The van der Waals surface area contributed by atoms with E-state index in [-0.39, 0.29) is 0 Å². The van der Waals surface area contributed by atoms with Gasteiger partial charge in [0.2, 0.25) is 5.89 Å². The van der Waals surface area contributed by atoms with Crippen molar-refractivity contribution < 1.29 is 4.52 Å². The summed E-state index contributed by atoms with van der Waals surface area (Å²) in [6.45, 7) is 3.17. The zero-order valence-electron chi connectivity index (χ0n) is 10.9. The van der Waals surface area contributed by atoms with Gasteiger partial charge >= 0.3 is 0 Å². The van der Waals surface area contributed by atoms with E-state index in [0.717, 1.165) is 30.6 Å². The van der Waals surface area contributed by atoms with E-state index in [4.69, 9.17) is 4.52 Å². The zero-order chi connectivity index (χ0) is 12.4. The Hall–Kier alpha value is -0.550. The van der Waals surface area contributed by atoms with Crippen molar-refractivity contribution in [2.75, 3.05) is 12.3 Å². The highest BCUT2D eigenvalue weighted by Gasteiger charge is 2.32. The van der Waals surface area contributed by atoms with Gasteiger partial charge in [0.05, 0.1) is 5.25 Å². The molecule has 3 rings (SSSR count). The van der Waals surface area contributed by atoms with Gasteiger partial charge in [0.15, 0.2) is 5.82 Å². The molecule has 4 nitrogen and oxygen atoms in total.